The SMILES string of the molecule is O=C(NCc1ccc(-c2noc(Cl)n2)cc1)c1cc(Cl)n(Cl)n1. The number of halogens is 3. The van der Waals surface area contributed by atoms with Gasteiger partial charge in [-0.15, -0.1) is 0 Å². The Kier molecular flexibility index (Phi) is 4.51. The van der Waals surface area contributed by atoms with E-state index in [1.165, 1.54) is 6.07 Å². The van der Waals surface area contributed by atoms with Crippen molar-refractivity contribution >= 4 is 40.9 Å². The van der Waals surface area contributed by atoms with Crippen molar-refractivity contribution in [2.24, 2.45) is 0 Å². The maximum Gasteiger partial charge on any atom is 0.320 e. The number of nitrogens with zero attached hydrogens (tertiary/aromatic N) is 4. The van der Waals surface area contributed by atoms with Gasteiger partial charge < -0.3 is 9.84 Å². The number of hydrogen-bond donors (Lipinski definition) is 1. The van der Waals surface area contributed by atoms with Crippen molar-refractivity contribution < 1.29 is 9.32 Å². The number of hydrogen-bond acceptors (Lipinski definition) is 5. The summed E-state index contributed by atoms with van der Waals surface area (Å²) in [7, 11) is 0. The standard InChI is InChI=1S/C13H8Cl3N5O2/c14-10-5-9(19-21(10)16)12(22)17-6-7-1-3-8(4-2-7)11-18-13(15)23-20-11/h1-5H,6H2,(H,17,22). The van der Waals surface area contributed by atoms with Crippen LogP contribution >= 0.6 is 35.0 Å². The number of carbonyl (C=O) groups excluding carboxylic acids is 1. The van der Waals surface area contributed by atoms with Gasteiger partial charge in [0.25, 0.3) is 5.91 Å². The molecule has 0 unspecified atom stereocenters. The largest absolute Gasteiger partial charge is 0.347 e. The van der Waals surface area contributed by atoms with E-state index in [0.29, 0.717) is 12.4 Å². The molecular formula is C13H8Cl3N5O2. The highest BCUT2D eigenvalue weighted by Gasteiger charge is 2.12. The third-order valence-electron chi connectivity index (χ3n) is 2.93. The summed E-state index contributed by atoms with van der Waals surface area (Å²) in [6, 6.07) is 8.63. The quantitative estimate of drug-likeness (QED) is 0.760. The van der Waals surface area contributed by atoms with Crippen LogP contribution in [0.4, 0.5) is 0 Å². The number of rotatable bonds is 4. The molecule has 0 aliphatic rings. The molecular weight excluding hydrogens is 365 g/mol. The number of carbonyl (C=O) groups is 1. The molecule has 0 saturated carbocycles. The van der Waals surface area contributed by atoms with Gasteiger partial charge in [-0.1, -0.05) is 41.0 Å². The second-order valence-corrected chi connectivity index (χ2v) is 5.49. The third-order valence-corrected chi connectivity index (χ3v) is 3.69. The van der Waals surface area contributed by atoms with Gasteiger partial charge in [0.05, 0.1) is 0 Å². The van der Waals surface area contributed by atoms with Crippen LogP contribution in [0.5, 0.6) is 0 Å². The van der Waals surface area contributed by atoms with E-state index >= 15 is 0 Å². The molecule has 118 valence electrons. The lowest BCUT2D eigenvalue weighted by molar-refractivity contribution is 0.0945. The van der Waals surface area contributed by atoms with Gasteiger partial charge in [0.2, 0.25) is 5.82 Å². The molecule has 0 radical (unpaired) electrons. The van der Waals surface area contributed by atoms with Crippen LogP contribution in [-0.2, 0) is 6.54 Å². The van der Waals surface area contributed by atoms with Gasteiger partial charge in [-0.25, -0.2) is 0 Å². The molecule has 0 atom stereocenters. The van der Waals surface area contributed by atoms with Crippen molar-refractivity contribution in [3.8, 4) is 11.4 Å². The molecule has 23 heavy (non-hydrogen) atoms. The first kappa shape index (κ1) is 15.8. The van der Waals surface area contributed by atoms with Gasteiger partial charge in [-0.2, -0.15) is 14.3 Å². The molecule has 1 amide bonds. The van der Waals surface area contributed by atoms with Crippen LogP contribution in [0.25, 0.3) is 11.4 Å². The van der Waals surface area contributed by atoms with Gasteiger partial charge in [-0.3, -0.25) is 4.79 Å². The minimum atomic E-state index is -0.375. The second kappa shape index (κ2) is 6.57. The summed E-state index contributed by atoms with van der Waals surface area (Å²) in [6.45, 7) is 0.318. The highest BCUT2D eigenvalue weighted by molar-refractivity contribution is 6.33. The Hall–Kier alpha value is -2.09. The monoisotopic (exact) mass is 371 g/mol. The molecule has 1 N–H and O–H groups in total. The normalized spacial score (nSPS) is 10.7. The molecule has 0 aliphatic carbocycles. The van der Waals surface area contributed by atoms with E-state index in [4.69, 9.17) is 39.5 Å². The lowest BCUT2D eigenvalue weighted by atomic mass is 10.1. The molecule has 1 aromatic carbocycles. The number of benzene rings is 1. The predicted octanol–water partition coefficient (Wildman–Crippen LogP) is 3.17. The van der Waals surface area contributed by atoms with Crippen LogP contribution in [0.2, 0.25) is 10.5 Å². The molecule has 7 nitrogen and oxygen atoms in total. The van der Waals surface area contributed by atoms with Gasteiger partial charge in [0.15, 0.2) is 5.69 Å². The Bertz CT molecular complexity index is 824. The lowest BCUT2D eigenvalue weighted by Crippen LogP contribution is -2.23. The van der Waals surface area contributed by atoms with Crippen molar-refractivity contribution in [1.29, 1.82) is 0 Å². The van der Waals surface area contributed by atoms with E-state index < -0.39 is 0 Å². The summed E-state index contributed by atoms with van der Waals surface area (Å²) in [5, 5.41) is 10.4. The molecule has 0 fully saturated rings. The number of amides is 1. The van der Waals surface area contributed by atoms with Gasteiger partial charge in [-0.05, 0) is 17.2 Å². The molecule has 2 heterocycles. The van der Waals surface area contributed by atoms with E-state index in [9.17, 15) is 4.79 Å². The Balaban J connectivity index is 1.63. The molecule has 3 rings (SSSR count). The smallest absolute Gasteiger partial charge is 0.320 e. The highest BCUT2D eigenvalue weighted by Crippen LogP contribution is 2.18. The summed E-state index contributed by atoms with van der Waals surface area (Å²) in [6.07, 6.45) is 0. The van der Waals surface area contributed by atoms with Crippen molar-refractivity contribution in [1.82, 2.24) is 24.8 Å². The molecule has 0 bridgehead atoms. The molecule has 0 spiro atoms. The summed E-state index contributed by atoms with van der Waals surface area (Å²) < 4.78 is 5.61. The topological polar surface area (TPSA) is 85.8 Å². The first-order chi connectivity index (χ1) is 11.0. The Labute approximate surface area is 145 Å². The van der Waals surface area contributed by atoms with Crippen molar-refractivity contribution in [2.75, 3.05) is 0 Å². The summed E-state index contributed by atoms with van der Waals surface area (Å²) >= 11 is 16.9. The van der Waals surface area contributed by atoms with E-state index in [1.807, 2.05) is 12.1 Å². The van der Waals surface area contributed by atoms with Crippen LogP contribution in [-0.4, -0.2) is 25.3 Å². The second-order valence-electron chi connectivity index (χ2n) is 4.46. The van der Waals surface area contributed by atoms with Gasteiger partial charge >= 0.3 is 5.35 Å². The summed E-state index contributed by atoms with van der Waals surface area (Å²) in [5.74, 6) is 0.0215. The Morgan fingerprint density at radius 1 is 1.26 bits per heavy atom. The fraction of sp³-hybridized carbons (Fsp3) is 0.0769. The first-order valence-electron chi connectivity index (χ1n) is 6.31. The average molecular weight is 373 g/mol. The molecule has 3 aromatic rings. The van der Waals surface area contributed by atoms with Crippen molar-refractivity contribution in [3.63, 3.8) is 0 Å². The Morgan fingerprint density at radius 3 is 2.57 bits per heavy atom. The maximum absolute atomic E-state index is 11.9. The van der Waals surface area contributed by atoms with Crippen LogP contribution < -0.4 is 5.32 Å². The van der Waals surface area contributed by atoms with Crippen LogP contribution in [0.15, 0.2) is 34.9 Å². The van der Waals surface area contributed by atoms with Gasteiger partial charge in [0.1, 0.15) is 5.15 Å². The van der Waals surface area contributed by atoms with Crippen molar-refractivity contribution in [3.05, 3.63) is 52.1 Å². The minimum absolute atomic E-state index is 0.0197. The lowest BCUT2D eigenvalue weighted by Gasteiger charge is -2.04. The van der Waals surface area contributed by atoms with Crippen LogP contribution in [0.1, 0.15) is 16.1 Å². The first-order valence-corrected chi connectivity index (χ1v) is 7.41. The maximum atomic E-state index is 11.9. The number of aromatic nitrogens is 4. The molecule has 10 heteroatoms. The highest BCUT2D eigenvalue weighted by atomic mass is 35.5. The zero-order chi connectivity index (χ0) is 16.4. The number of nitrogens with one attached hydrogen (secondary N) is 1. The average Bonchev–Trinajstić information content (AvgIpc) is 3.12. The fourth-order valence-electron chi connectivity index (χ4n) is 1.82. The molecule has 0 saturated heterocycles. The molecule has 2 aromatic heterocycles. The van der Waals surface area contributed by atoms with E-state index in [1.54, 1.807) is 12.1 Å². The zero-order valence-electron chi connectivity index (χ0n) is 11.3. The van der Waals surface area contributed by atoms with E-state index in [2.05, 4.69) is 20.6 Å². The van der Waals surface area contributed by atoms with Gasteiger partial charge in [0, 0.05) is 30.0 Å². The summed E-state index contributed by atoms with van der Waals surface area (Å²) in [5.41, 5.74) is 1.78. The van der Waals surface area contributed by atoms with Crippen LogP contribution in [0, 0.1) is 0 Å². The van der Waals surface area contributed by atoms with E-state index in [-0.39, 0.29) is 22.1 Å². The zero-order valence-corrected chi connectivity index (χ0v) is 13.6. The predicted molar refractivity (Wildman–Crippen MR) is 84.4 cm³/mol. The molecule has 0 aliphatic heterocycles. The van der Waals surface area contributed by atoms with Crippen molar-refractivity contribution in [2.45, 2.75) is 6.54 Å². The summed E-state index contributed by atoms with van der Waals surface area (Å²) in [4.78, 5) is 15.8. The van der Waals surface area contributed by atoms with Crippen LogP contribution in [0.3, 0.4) is 0 Å². The fourth-order valence-corrected chi connectivity index (χ4v) is 2.20. The Morgan fingerprint density at radius 2 is 2.00 bits per heavy atom. The third kappa shape index (κ3) is 3.64. The van der Waals surface area contributed by atoms with E-state index in [0.717, 1.165) is 15.3 Å². The minimum Gasteiger partial charge on any atom is -0.347 e.